The second kappa shape index (κ2) is 9.25. The molecular formula is C26H36N3OS+. The Morgan fingerprint density at radius 1 is 1.06 bits per heavy atom. The Balaban J connectivity index is 1.64. The van der Waals surface area contributed by atoms with E-state index in [-0.39, 0.29) is 5.91 Å². The molecule has 5 heteroatoms. The highest BCUT2D eigenvalue weighted by atomic mass is 32.2. The Labute approximate surface area is 191 Å². The molecule has 0 aromatic heterocycles. The molecule has 1 fully saturated rings. The molecule has 1 N–H and O–H groups in total. The molecule has 166 valence electrons. The highest BCUT2D eigenvalue weighted by molar-refractivity contribution is 7.99. The van der Waals surface area contributed by atoms with E-state index in [0.29, 0.717) is 12.0 Å². The van der Waals surface area contributed by atoms with Crippen LogP contribution in [-0.2, 0) is 0 Å². The predicted molar refractivity (Wildman–Crippen MR) is 130 cm³/mol. The average molecular weight is 439 g/mol. The molecule has 1 saturated heterocycles. The molecule has 0 radical (unpaired) electrons. The Morgan fingerprint density at radius 3 is 2.52 bits per heavy atom. The molecule has 0 bridgehead atoms. The zero-order chi connectivity index (χ0) is 22.0. The lowest BCUT2D eigenvalue weighted by Gasteiger charge is -2.41. The van der Waals surface area contributed by atoms with Crippen LogP contribution in [-0.4, -0.2) is 49.7 Å². The first-order valence-electron chi connectivity index (χ1n) is 11.7. The van der Waals surface area contributed by atoms with Crippen molar-refractivity contribution in [2.45, 2.75) is 55.9 Å². The number of hydrogen-bond acceptors (Lipinski definition) is 3. The summed E-state index contributed by atoms with van der Waals surface area (Å²) in [7, 11) is 2.40. The van der Waals surface area contributed by atoms with Gasteiger partial charge in [0.2, 0.25) is 0 Å². The number of benzene rings is 2. The third kappa shape index (κ3) is 4.93. The number of hydrogen-bond donors (Lipinski definition) is 1. The molecule has 31 heavy (non-hydrogen) atoms. The third-order valence-electron chi connectivity index (χ3n) is 6.62. The van der Waals surface area contributed by atoms with Crippen LogP contribution in [0.3, 0.4) is 0 Å². The molecule has 0 aliphatic carbocycles. The number of nitrogens with zero attached hydrogens (tertiary/aromatic N) is 2. The first kappa shape index (κ1) is 22.2. The number of fused-ring (bicyclic) bond motifs is 2. The van der Waals surface area contributed by atoms with E-state index in [1.54, 1.807) is 0 Å². The Kier molecular flexibility index (Phi) is 6.63. The second-order valence-corrected chi connectivity index (χ2v) is 10.9. The van der Waals surface area contributed by atoms with Crippen molar-refractivity contribution in [2.75, 3.05) is 38.1 Å². The average Bonchev–Trinajstić information content (AvgIpc) is 3.16. The number of carbonyl (C=O) groups excluding carboxylic acids is 1. The summed E-state index contributed by atoms with van der Waals surface area (Å²) >= 11 is 1.81. The summed E-state index contributed by atoms with van der Waals surface area (Å²) in [5.74, 6) is 0.613. The van der Waals surface area contributed by atoms with Crippen LogP contribution >= 0.6 is 11.8 Å². The minimum Gasteiger partial charge on any atom is -0.352 e. The minimum atomic E-state index is 0.0263. The second-order valence-electron chi connectivity index (χ2n) is 9.87. The number of likely N-dealkylation sites (N-methyl/N-ethyl adjacent to an activating group) is 1. The molecule has 4 nitrogen and oxygen atoms in total. The van der Waals surface area contributed by atoms with Gasteiger partial charge in [-0.05, 0) is 49.6 Å². The number of rotatable bonds is 7. The zero-order valence-electron chi connectivity index (χ0n) is 19.4. The molecular weight excluding hydrogens is 402 g/mol. The van der Waals surface area contributed by atoms with Gasteiger partial charge in [-0.2, -0.15) is 0 Å². The van der Waals surface area contributed by atoms with Crippen molar-refractivity contribution < 1.29 is 9.28 Å². The van der Waals surface area contributed by atoms with Crippen LogP contribution in [0, 0.1) is 5.92 Å². The van der Waals surface area contributed by atoms with Crippen LogP contribution in [0.2, 0.25) is 0 Å². The molecule has 2 heterocycles. The van der Waals surface area contributed by atoms with E-state index in [1.165, 1.54) is 47.1 Å². The lowest BCUT2D eigenvalue weighted by molar-refractivity contribution is -0.898. The van der Waals surface area contributed by atoms with Gasteiger partial charge in [-0.15, -0.1) is 0 Å². The van der Waals surface area contributed by atoms with Crippen molar-refractivity contribution >= 4 is 29.0 Å². The third-order valence-corrected chi connectivity index (χ3v) is 7.75. The van der Waals surface area contributed by atoms with Gasteiger partial charge in [0, 0.05) is 34.7 Å². The summed E-state index contributed by atoms with van der Waals surface area (Å²) in [4.78, 5) is 17.8. The van der Waals surface area contributed by atoms with Crippen molar-refractivity contribution in [2.24, 2.45) is 5.92 Å². The van der Waals surface area contributed by atoms with Crippen molar-refractivity contribution in [1.82, 2.24) is 5.32 Å². The van der Waals surface area contributed by atoms with Crippen molar-refractivity contribution in [3.63, 3.8) is 0 Å². The van der Waals surface area contributed by atoms with Crippen LogP contribution in [0.1, 0.15) is 50.4 Å². The molecule has 2 aromatic carbocycles. The van der Waals surface area contributed by atoms with Gasteiger partial charge in [0.1, 0.15) is 0 Å². The van der Waals surface area contributed by atoms with E-state index >= 15 is 0 Å². The van der Waals surface area contributed by atoms with Gasteiger partial charge in [0.15, 0.2) is 0 Å². The fraction of sp³-hybridized carbons (Fsp3) is 0.500. The maximum Gasteiger partial charge on any atom is 0.251 e. The smallest absolute Gasteiger partial charge is 0.251 e. The van der Waals surface area contributed by atoms with Gasteiger partial charge in [0.25, 0.3) is 5.91 Å². The Morgan fingerprint density at radius 2 is 1.77 bits per heavy atom. The summed E-state index contributed by atoms with van der Waals surface area (Å²) in [5, 5.41) is 3.10. The molecule has 0 spiro atoms. The van der Waals surface area contributed by atoms with Gasteiger partial charge >= 0.3 is 0 Å². The van der Waals surface area contributed by atoms with E-state index in [9.17, 15) is 4.79 Å². The molecule has 2 aliphatic heterocycles. The highest BCUT2D eigenvalue weighted by Crippen LogP contribution is 2.49. The first-order chi connectivity index (χ1) is 14.9. The lowest BCUT2D eigenvalue weighted by atomic mass is 10.1. The van der Waals surface area contributed by atoms with Gasteiger partial charge in [-0.1, -0.05) is 37.7 Å². The first-order valence-corrected chi connectivity index (χ1v) is 12.5. The monoisotopic (exact) mass is 438 g/mol. The van der Waals surface area contributed by atoms with Gasteiger partial charge in [-0.25, -0.2) is 0 Å². The van der Waals surface area contributed by atoms with Crippen LogP contribution in [0.15, 0.2) is 52.3 Å². The summed E-state index contributed by atoms with van der Waals surface area (Å²) in [6.45, 7) is 11.1. The molecule has 1 amide bonds. The maximum atomic E-state index is 12.8. The van der Waals surface area contributed by atoms with E-state index < -0.39 is 0 Å². The topological polar surface area (TPSA) is 32.3 Å². The van der Waals surface area contributed by atoms with E-state index in [2.05, 4.69) is 74.4 Å². The number of nitrogens with one attached hydrogen (secondary N) is 1. The SMILES string of the molecule is CC(C)CCNC(=O)c1ccc2c(c1)N(C(C)C[N+]1(C)CCCC1)c1ccccc1S2. The number of likely N-dealkylation sites (tertiary alicyclic amines) is 1. The van der Waals surface area contributed by atoms with E-state index in [0.717, 1.165) is 29.6 Å². The van der Waals surface area contributed by atoms with Crippen LogP contribution in [0.5, 0.6) is 0 Å². The molecule has 2 aliphatic rings. The number of anilines is 2. The van der Waals surface area contributed by atoms with Crippen LogP contribution < -0.4 is 10.2 Å². The highest BCUT2D eigenvalue weighted by Gasteiger charge is 2.34. The van der Waals surface area contributed by atoms with Crippen molar-refractivity contribution in [1.29, 1.82) is 0 Å². The molecule has 2 aromatic rings. The Hall–Kier alpha value is -1.98. The summed E-state index contributed by atoms with van der Waals surface area (Å²) in [6.07, 6.45) is 3.65. The maximum absolute atomic E-state index is 12.8. The predicted octanol–water partition coefficient (Wildman–Crippen LogP) is 5.69. The lowest BCUT2D eigenvalue weighted by Crippen LogP contribution is -2.50. The van der Waals surface area contributed by atoms with Crippen molar-refractivity contribution in [3.8, 4) is 0 Å². The largest absolute Gasteiger partial charge is 0.352 e. The number of amides is 1. The molecule has 1 atom stereocenters. The minimum absolute atomic E-state index is 0.0263. The number of para-hydroxylation sites is 1. The van der Waals surface area contributed by atoms with Crippen LogP contribution in [0.4, 0.5) is 11.4 Å². The van der Waals surface area contributed by atoms with Gasteiger partial charge in [0.05, 0.1) is 44.1 Å². The Bertz CT molecular complexity index is 936. The number of carbonyl (C=O) groups is 1. The summed E-state index contributed by atoms with van der Waals surface area (Å²) in [6, 6.07) is 15.2. The van der Waals surface area contributed by atoms with E-state index in [4.69, 9.17) is 0 Å². The van der Waals surface area contributed by atoms with Gasteiger partial charge in [-0.3, -0.25) is 4.79 Å². The summed E-state index contributed by atoms with van der Waals surface area (Å²) in [5.41, 5.74) is 3.18. The normalized spacial score (nSPS) is 17.9. The standard InChI is InChI=1S/C26H35N3OS/c1-19(2)13-14-27-26(30)21-11-12-25-23(17-21)28(22-9-5-6-10-24(22)31-25)20(3)18-29(4)15-7-8-16-29/h5-6,9-12,17,19-20H,7-8,13-16,18H2,1-4H3/p+1. The molecule has 4 rings (SSSR count). The summed E-state index contributed by atoms with van der Waals surface area (Å²) < 4.78 is 1.14. The van der Waals surface area contributed by atoms with Crippen molar-refractivity contribution in [3.05, 3.63) is 48.0 Å². The quantitative estimate of drug-likeness (QED) is 0.563. The fourth-order valence-corrected chi connectivity index (χ4v) is 6.03. The number of quaternary nitrogens is 1. The van der Waals surface area contributed by atoms with Crippen LogP contribution in [0.25, 0.3) is 0 Å². The van der Waals surface area contributed by atoms with Gasteiger partial charge < -0.3 is 14.7 Å². The fourth-order valence-electron chi connectivity index (χ4n) is 4.98. The van der Waals surface area contributed by atoms with E-state index in [1.807, 2.05) is 17.8 Å². The molecule has 1 unspecified atom stereocenters. The molecule has 0 saturated carbocycles. The zero-order valence-corrected chi connectivity index (χ0v) is 20.2.